The van der Waals surface area contributed by atoms with E-state index in [0.717, 1.165) is 32.1 Å². The van der Waals surface area contributed by atoms with Crippen molar-refractivity contribution in [3.8, 4) is 0 Å². The van der Waals surface area contributed by atoms with Gasteiger partial charge in [-0.1, -0.05) is 0 Å². The van der Waals surface area contributed by atoms with E-state index in [9.17, 15) is 9.59 Å². The van der Waals surface area contributed by atoms with Crippen molar-refractivity contribution in [3.05, 3.63) is 0 Å². The number of nitrogens with zero attached hydrogens (tertiary/aromatic N) is 2. The van der Waals surface area contributed by atoms with Crippen LogP contribution < -0.4 is 0 Å². The number of ether oxygens (including phenoxy) is 1. The topological polar surface area (TPSA) is 49.9 Å². The Morgan fingerprint density at radius 1 is 1.11 bits per heavy atom. The van der Waals surface area contributed by atoms with Crippen molar-refractivity contribution in [1.29, 1.82) is 0 Å². The fraction of sp³-hybridized carbons (Fsp3) is 0.846. The highest BCUT2D eigenvalue weighted by Gasteiger charge is 2.27. The molecule has 1 saturated heterocycles. The van der Waals surface area contributed by atoms with Crippen molar-refractivity contribution in [2.75, 3.05) is 39.8 Å². The standard InChI is InChI=1S/C13H22N2O3/c1-18-13(17)5-4-12(16)15-8-6-14(7-9-15)10-11-2-3-11/h11H,2-10H2,1H3. The highest BCUT2D eigenvalue weighted by atomic mass is 16.5. The minimum absolute atomic E-state index is 0.0754. The molecule has 0 aromatic carbocycles. The van der Waals surface area contributed by atoms with E-state index in [1.807, 2.05) is 4.90 Å². The van der Waals surface area contributed by atoms with Crippen LogP contribution in [0.4, 0.5) is 0 Å². The Labute approximate surface area is 108 Å². The van der Waals surface area contributed by atoms with E-state index < -0.39 is 0 Å². The lowest BCUT2D eigenvalue weighted by Gasteiger charge is -2.34. The first-order chi connectivity index (χ1) is 8.69. The Bertz CT molecular complexity index is 307. The van der Waals surface area contributed by atoms with Crippen LogP contribution in [0.15, 0.2) is 0 Å². The zero-order valence-corrected chi connectivity index (χ0v) is 11.1. The maximum atomic E-state index is 11.9. The maximum absolute atomic E-state index is 11.9. The molecule has 2 fully saturated rings. The molecule has 5 nitrogen and oxygen atoms in total. The summed E-state index contributed by atoms with van der Waals surface area (Å²) in [6.45, 7) is 4.74. The molecule has 1 amide bonds. The minimum atomic E-state index is -0.310. The molecule has 0 aromatic rings. The molecular weight excluding hydrogens is 232 g/mol. The van der Waals surface area contributed by atoms with Crippen LogP contribution in [0.1, 0.15) is 25.7 Å². The van der Waals surface area contributed by atoms with Crippen LogP contribution in [-0.4, -0.2) is 61.5 Å². The van der Waals surface area contributed by atoms with Crippen LogP contribution in [0, 0.1) is 5.92 Å². The first-order valence-electron chi connectivity index (χ1n) is 6.76. The molecule has 0 atom stereocenters. The molecule has 0 spiro atoms. The molecular formula is C13H22N2O3. The molecule has 102 valence electrons. The highest BCUT2D eigenvalue weighted by molar-refractivity contribution is 5.81. The van der Waals surface area contributed by atoms with Gasteiger partial charge in [0, 0.05) is 39.1 Å². The molecule has 0 unspecified atom stereocenters. The lowest BCUT2D eigenvalue weighted by atomic mass is 10.2. The number of piperazine rings is 1. The molecule has 5 heteroatoms. The van der Waals surface area contributed by atoms with Crippen LogP contribution in [-0.2, 0) is 14.3 Å². The van der Waals surface area contributed by atoms with E-state index in [4.69, 9.17) is 0 Å². The Morgan fingerprint density at radius 3 is 2.33 bits per heavy atom. The lowest BCUT2D eigenvalue weighted by Crippen LogP contribution is -2.49. The van der Waals surface area contributed by atoms with Gasteiger partial charge in [-0.3, -0.25) is 14.5 Å². The highest BCUT2D eigenvalue weighted by Crippen LogP contribution is 2.29. The molecule has 1 aliphatic heterocycles. The molecule has 0 radical (unpaired) electrons. The average molecular weight is 254 g/mol. The van der Waals surface area contributed by atoms with Crippen molar-refractivity contribution in [2.45, 2.75) is 25.7 Å². The van der Waals surface area contributed by atoms with Gasteiger partial charge in [-0.25, -0.2) is 0 Å². The number of amides is 1. The number of methoxy groups -OCH3 is 1. The molecule has 0 N–H and O–H groups in total. The number of hydrogen-bond donors (Lipinski definition) is 0. The summed E-state index contributed by atoms with van der Waals surface area (Å²) in [4.78, 5) is 27.2. The van der Waals surface area contributed by atoms with E-state index in [2.05, 4.69) is 9.64 Å². The number of carbonyl (C=O) groups is 2. The Balaban J connectivity index is 1.64. The van der Waals surface area contributed by atoms with E-state index in [1.165, 1.54) is 26.5 Å². The van der Waals surface area contributed by atoms with E-state index in [0.29, 0.717) is 0 Å². The zero-order valence-electron chi connectivity index (χ0n) is 11.1. The van der Waals surface area contributed by atoms with Gasteiger partial charge >= 0.3 is 5.97 Å². The summed E-state index contributed by atoms with van der Waals surface area (Å²) in [6, 6.07) is 0. The van der Waals surface area contributed by atoms with Crippen molar-refractivity contribution < 1.29 is 14.3 Å². The molecule has 1 heterocycles. The summed E-state index contributed by atoms with van der Waals surface area (Å²) >= 11 is 0. The first-order valence-corrected chi connectivity index (χ1v) is 6.76. The third-order valence-electron chi connectivity index (χ3n) is 3.71. The minimum Gasteiger partial charge on any atom is -0.469 e. The van der Waals surface area contributed by atoms with Crippen LogP contribution in [0.25, 0.3) is 0 Å². The fourth-order valence-electron chi connectivity index (χ4n) is 2.31. The van der Waals surface area contributed by atoms with E-state index in [1.54, 1.807) is 0 Å². The summed E-state index contributed by atoms with van der Waals surface area (Å²) in [5.41, 5.74) is 0. The average Bonchev–Trinajstić information content (AvgIpc) is 3.20. The summed E-state index contributed by atoms with van der Waals surface area (Å²) in [5.74, 6) is 0.675. The van der Waals surface area contributed by atoms with Gasteiger partial charge in [0.25, 0.3) is 0 Å². The van der Waals surface area contributed by atoms with Gasteiger partial charge in [0.2, 0.25) is 5.91 Å². The molecule has 18 heavy (non-hydrogen) atoms. The van der Waals surface area contributed by atoms with Crippen molar-refractivity contribution >= 4 is 11.9 Å². The predicted molar refractivity (Wildman–Crippen MR) is 67.0 cm³/mol. The first kappa shape index (κ1) is 13.3. The smallest absolute Gasteiger partial charge is 0.306 e. The Morgan fingerprint density at radius 2 is 1.78 bits per heavy atom. The SMILES string of the molecule is COC(=O)CCC(=O)N1CCN(CC2CC2)CC1. The molecule has 0 bridgehead atoms. The Kier molecular flexibility index (Phi) is 4.58. The van der Waals surface area contributed by atoms with E-state index in [-0.39, 0.29) is 24.7 Å². The third kappa shape index (κ3) is 3.98. The van der Waals surface area contributed by atoms with E-state index >= 15 is 0 Å². The van der Waals surface area contributed by atoms with Crippen molar-refractivity contribution in [1.82, 2.24) is 9.80 Å². The molecule has 2 aliphatic rings. The van der Waals surface area contributed by atoms with Gasteiger partial charge in [0.05, 0.1) is 13.5 Å². The lowest BCUT2D eigenvalue weighted by molar-refractivity contribution is -0.144. The normalized spacial score (nSPS) is 20.8. The zero-order chi connectivity index (χ0) is 13.0. The van der Waals surface area contributed by atoms with Crippen LogP contribution >= 0.6 is 0 Å². The van der Waals surface area contributed by atoms with Gasteiger partial charge in [-0.15, -0.1) is 0 Å². The van der Waals surface area contributed by atoms with Gasteiger partial charge in [-0.05, 0) is 18.8 Å². The Hall–Kier alpha value is -1.10. The summed E-state index contributed by atoms with van der Waals surface area (Å²) in [6.07, 6.45) is 3.21. The largest absolute Gasteiger partial charge is 0.469 e. The third-order valence-corrected chi connectivity index (χ3v) is 3.71. The van der Waals surface area contributed by atoms with Crippen LogP contribution in [0.5, 0.6) is 0 Å². The van der Waals surface area contributed by atoms with Gasteiger partial charge in [0.15, 0.2) is 0 Å². The van der Waals surface area contributed by atoms with Crippen LogP contribution in [0.3, 0.4) is 0 Å². The number of esters is 1. The number of rotatable bonds is 5. The van der Waals surface area contributed by atoms with Gasteiger partial charge < -0.3 is 9.64 Å². The van der Waals surface area contributed by atoms with Crippen LogP contribution in [0.2, 0.25) is 0 Å². The molecule has 1 aliphatic carbocycles. The number of carbonyl (C=O) groups excluding carboxylic acids is 2. The van der Waals surface area contributed by atoms with Crippen molar-refractivity contribution in [2.24, 2.45) is 5.92 Å². The molecule has 1 saturated carbocycles. The monoisotopic (exact) mass is 254 g/mol. The maximum Gasteiger partial charge on any atom is 0.306 e. The summed E-state index contributed by atoms with van der Waals surface area (Å²) in [5, 5.41) is 0. The number of hydrogen-bond acceptors (Lipinski definition) is 4. The quantitative estimate of drug-likeness (QED) is 0.670. The summed E-state index contributed by atoms with van der Waals surface area (Å²) < 4.78 is 4.54. The van der Waals surface area contributed by atoms with Gasteiger partial charge in [-0.2, -0.15) is 0 Å². The van der Waals surface area contributed by atoms with Crippen molar-refractivity contribution in [3.63, 3.8) is 0 Å². The molecule has 2 rings (SSSR count). The summed E-state index contributed by atoms with van der Waals surface area (Å²) in [7, 11) is 1.35. The second kappa shape index (κ2) is 6.18. The fourth-order valence-corrected chi connectivity index (χ4v) is 2.31. The second-order valence-corrected chi connectivity index (χ2v) is 5.20. The molecule has 0 aromatic heterocycles. The van der Waals surface area contributed by atoms with Gasteiger partial charge in [0.1, 0.15) is 0 Å². The second-order valence-electron chi connectivity index (χ2n) is 5.20. The predicted octanol–water partition coefficient (Wildman–Crippen LogP) is 0.494.